The van der Waals surface area contributed by atoms with E-state index in [4.69, 9.17) is 10.4 Å². The summed E-state index contributed by atoms with van der Waals surface area (Å²) in [5.74, 6) is 8.69. The average Bonchev–Trinajstić information content (AvgIpc) is 2.36. The number of hydrogen-bond donors (Lipinski definition) is 5. The molecule has 7 N–H and O–H groups in total. The van der Waals surface area contributed by atoms with Gasteiger partial charge in [0.05, 0.1) is 14.2 Å². The SMILES string of the molecule is CC.CCC.CN=P.CNO.CON.CON.CP=N. The monoisotopic (exact) mass is 337 g/mol. The molecule has 0 fully saturated rings. The minimum atomic E-state index is 0.667. The molecule has 0 spiro atoms. The molecule has 0 heterocycles. The van der Waals surface area contributed by atoms with Crippen LogP contribution in [0.15, 0.2) is 4.74 Å². The van der Waals surface area contributed by atoms with Gasteiger partial charge in [-0.3, -0.25) is 9.91 Å². The number of hydrogen-bond acceptors (Lipinski definition) is 8. The second-order valence-corrected chi connectivity index (χ2v) is 2.74. The second kappa shape index (κ2) is 172. The number of rotatable bonds is 0. The zero-order chi connectivity index (χ0) is 18.2. The van der Waals surface area contributed by atoms with Gasteiger partial charge in [0, 0.05) is 14.1 Å². The maximum Gasteiger partial charge on any atom is 0.0569 e. The highest BCUT2D eigenvalue weighted by Crippen LogP contribution is 1.70. The van der Waals surface area contributed by atoms with Crippen molar-refractivity contribution in [3.05, 3.63) is 0 Å². The predicted molar refractivity (Wildman–Crippen MR) is 92.8 cm³/mol. The fourth-order valence-electron chi connectivity index (χ4n) is 0. The van der Waals surface area contributed by atoms with Crippen molar-refractivity contribution < 1.29 is 14.9 Å². The number of hydroxylamine groups is 1. The molecule has 130 valence electrons. The first-order valence-electron chi connectivity index (χ1n) is 5.77. The average molecular weight is 337 g/mol. The summed E-state index contributed by atoms with van der Waals surface area (Å²) in [5, 5.41) is 13.5. The Morgan fingerprint density at radius 2 is 1.25 bits per heavy atom. The van der Waals surface area contributed by atoms with E-state index in [0.29, 0.717) is 8.37 Å². The summed E-state index contributed by atoms with van der Waals surface area (Å²) in [6.45, 7) is 10.0. The molecule has 0 aromatic rings. The van der Waals surface area contributed by atoms with Crippen LogP contribution in [-0.4, -0.2) is 40.2 Å². The van der Waals surface area contributed by atoms with Gasteiger partial charge in [0.15, 0.2) is 0 Å². The van der Waals surface area contributed by atoms with Crippen molar-refractivity contribution in [2.75, 3.05) is 35.0 Å². The Kier molecular flexibility index (Phi) is 368. The minimum Gasteiger partial charge on any atom is -0.317 e. The fourth-order valence-corrected chi connectivity index (χ4v) is 0. The molecule has 0 aliphatic rings. The van der Waals surface area contributed by atoms with Crippen LogP contribution < -0.4 is 17.3 Å². The minimum absolute atomic E-state index is 0.667. The highest BCUT2D eigenvalue weighted by molar-refractivity contribution is 7.23. The van der Waals surface area contributed by atoms with E-state index in [1.807, 2.05) is 13.8 Å². The van der Waals surface area contributed by atoms with Gasteiger partial charge in [0.25, 0.3) is 0 Å². The van der Waals surface area contributed by atoms with E-state index in [1.54, 1.807) is 19.2 Å². The van der Waals surface area contributed by atoms with Gasteiger partial charge in [-0.05, 0) is 24.1 Å². The molecule has 0 saturated carbocycles. The maximum absolute atomic E-state index is 7.32. The highest BCUT2D eigenvalue weighted by atomic mass is 31.1. The highest BCUT2D eigenvalue weighted by Gasteiger charge is 1.35. The molecular formula is C10H37N5O3P2. The maximum atomic E-state index is 7.32. The van der Waals surface area contributed by atoms with E-state index in [0.717, 1.165) is 0 Å². The van der Waals surface area contributed by atoms with Crippen molar-refractivity contribution in [1.82, 2.24) is 5.48 Å². The van der Waals surface area contributed by atoms with E-state index >= 15 is 0 Å². The molecular weight excluding hydrogens is 300 g/mol. The van der Waals surface area contributed by atoms with E-state index in [9.17, 15) is 0 Å². The lowest BCUT2D eigenvalue weighted by Gasteiger charge is -1.62. The third kappa shape index (κ3) is 3230000. The van der Waals surface area contributed by atoms with Crippen molar-refractivity contribution in [1.29, 1.82) is 5.16 Å². The van der Waals surface area contributed by atoms with Gasteiger partial charge >= 0.3 is 0 Å². The summed E-state index contributed by atoms with van der Waals surface area (Å²) in [5.41, 5.74) is 1.75. The predicted octanol–water partition coefficient (Wildman–Crippen LogP) is 3.32. The molecule has 0 aliphatic carbocycles. The standard InChI is InChI=1S/C3H8.C2H6.3CH5NO.2CH4NP/c1-3-2;1-2;2*1-3-2;1-2-3;1-3-2;1-2-3/h3H2,1-2H3;1-2H3;2*2H2,1H3;2-3H,1H3;2H,1H3;3H,1H3. The van der Waals surface area contributed by atoms with Gasteiger partial charge in [0.2, 0.25) is 0 Å². The Balaban J connectivity index is -0.0000000198. The van der Waals surface area contributed by atoms with Crippen LogP contribution in [0.1, 0.15) is 34.1 Å². The lowest BCUT2D eigenvalue weighted by molar-refractivity contribution is 0.194. The Hall–Kier alpha value is -0.0400. The Labute approximate surface area is 129 Å². The van der Waals surface area contributed by atoms with Crippen molar-refractivity contribution in [3.8, 4) is 0 Å². The smallest absolute Gasteiger partial charge is 0.0569 e. The van der Waals surface area contributed by atoms with Crippen LogP contribution in [0.2, 0.25) is 0 Å². The molecule has 0 aliphatic heterocycles. The number of nitrogens with one attached hydrogen (secondary N) is 2. The Morgan fingerprint density at radius 3 is 1.25 bits per heavy atom. The summed E-state index contributed by atoms with van der Waals surface area (Å²) < 4.78 is 3.31. The molecule has 0 amide bonds. The van der Waals surface area contributed by atoms with Crippen LogP contribution >= 0.6 is 17.4 Å². The first-order valence-corrected chi connectivity index (χ1v) is 7.56. The van der Waals surface area contributed by atoms with Crippen LogP contribution in [-0.2, 0) is 9.68 Å². The quantitative estimate of drug-likeness (QED) is 0.339. The lowest BCUT2D eigenvalue weighted by atomic mass is 10.6. The molecule has 20 heavy (non-hydrogen) atoms. The summed E-state index contributed by atoms with van der Waals surface area (Å²) in [6, 6.07) is 0. The zero-order valence-electron chi connectivity index (χ0n) is 14.5. The van der Waals surface area contributed by atoms with Crippen LogP contribution in [0.5, 0.6) is 0 Å². The number of nitrogens with two attached hydrogens (primary N) is 2. The van der Waals surface area contributed by atoms with Crippen molar-refractivity contribution >= 4 is 17.4 Å². The van der Waals surface area contributed by atoms with E-state index < -0.39 is 0 Å². The topological polar surface area (TPSA) is 139 Å². The fraction of sp³-hybridized carbons (Fsp3) is 1.00. The summed E-state index contributed by atoms with van der Waals surface area (Å²) in [6.07, 6.45) is 1.25. The summed E-state index contributed by atoms with van der Waals surface area (Å²) in [7, 11) is 9.37. The lowest BCUT2D eigenvalue weighted by Crippen LogP contribution is -1.91. The molecule has 0 aromatic carbocycles. The second-order valence-electron chi connectivity index (χ2n) is 1.85. The molecule has 0 rings (SSSR count). The molecule has 10 heteroatoms. The van der Waals surface area contributed by atoms with Crippen molar-refractivity contribution in [2.24, 2.45) is 16.5 Å². The van der Waals surface area contributed by atoms with E-state index in [1.165, 1.54) is 27.7 Å². The first kappa shape index (κ1) is 42.7. The Morgan fingerprint density at radius 1 is 1.25 bits per heavy atom. The van der Waals surface area contributed by atoms with Gasteiger partial charge < -0.3 is 14.9 Å². The molecule has 0 saturated heterocycles. The van der Waals surface area contributed by atoms with Crippen molar-refractivity contribution in [3.63, 3.8) is 0 Å². The largest absolute Gasteiger partial charge is 0.317 e. The first-order chi connectivity index (χ1) is 9.49. The molecule has 8 nitrogen and oxygen atoms in total. The Bertz CT molecular complexity index is 83.3. The van der Waals surface area contributed by atoms with Crippen LogP contribution in [0.4, 0.5) is 0 Å². The van der Waals surface area contributed by atoms with Crippen LogP contribution in [0.25, 0.3) is 0 Å². The third-order valence-corrected chi connectivity index (χ3v) is 0. The van der Waals surface area contributed by atoms with Gasteiger partial charge in [0.1, 0.15) is 0 Å². The van der Waals surface area contributed by atoms with E-state index in [2.05, 4.69) is 49.1 Å². The summed E-state index contributed by atoms with van der Waals surface area (Å²) >= 11 is 0. The van der Waals surface area contributed by atoms with Gasteiger partial charge in [-0.1, -0.05) is 34.1 Å². The molecule has 0 unspecified atom stereocenters. The van der Waals surface area contributed by atoms with Crippen LogP contribution in [0.3, 0.4) is 0 Å². The summed E-state index contributed by atoms with van der Waals surface area (Å²) in [4.78, 5) is 7.50. The third-order valence-electron chi connectivity index (χ3n) is 0. The van der Waals surface area contributed by atoms with Gasteiger partial charge in [-0.15, -0.1) is 0 Å². The molecule has 0 atom stereocenters. The van der Waals surface area contributed by atoms with Crippen LogP contribution in [0, 0.1) is 5.16 Å². The van der Waals surface area contributed by atoms with Gasteiger partial charge in [-0.2, -0.15) is 0 Å². The molecule has 0 aromatic heterocycles. The molecule has 0 bridgehead atoms. The zero-order valence-corrected chi connectivity index (χ0v) is 16.4. The number of nitrogens with zero attached hydrogens (tertiary/aromatic N) is 1. The van der Waals surface area contributed by atoms with E-state index in [-0.39, 0.29) is 0 Å². The normalized spacial score (nSPS) is 5.60. The van der Waals surface area contributed by atoms with Gasteiger partial charge in [-0.25, -0.2) is 17.3 Å². The molecule has 0 radical (unpaired) electrons. The van der Waals surface area contributed by atoms with Crippen molar-refractivity contribution in [2.45, 2.75) is 34.1 Å².